The summed E-state index contributed by atoms with van der Waals surface area (Å²) in [5.74, 6) is -1.86. The smallest absolute Gasteiger partial charge is 0.277 e. The van der Waals surface area contributed by atoms with Gasteiger partial charge in [0.2, 0.25) is 0 Å². The molecule has 1 heterocycles. The fourth-order valence-electron chi connectivity index (χ4n) is 2.43. The van der Waals surface area contributed by atoms with Gasteiger partial charge >= 0.3 is 0 Å². The average molecular weight is 360 g/mol. The first-order valence-corrected chi connectivity index (χ1v) is 7.36. The van der Waals surface area contributed by atoms with E-state index in [2.05, 4.69) is 10.6 Å². The number of amides is 2. The van der Waals surface area contributed by atoms with Gasteiger partial charge in [-0.25, -0.2) is 0 Å². The molecule has 3 N–H and O–H groups in total. The standard InChI is InChI=1S/C16H10ClN3O5/c17-9-5-3-6-10(14(9)21)18-13-12(15(22)19-16(13)23)8-4-1-2-7-11(8)20(24)25/h1-7,21H,(H2,18,19,22,23). The topological polar surface area (TPSA) is 122 Å². The molecule has 8 nitrogen and oxygen atoms in total. The van der Waals surface area contributed by atoms with E-state index < -0.39 is 16.7 Å². The molecule has 0 radical (unpaired) electrons. The van der Waals surface area contributed by atoms with Crippen LogP contribution in [0.1, 0.15) is 5.56 Å². The van der Waals surface area contributed by atoms with Gasteiger partial charge < -0.3 is 10.4 Å². The summed E-state index contributed by atoms with van der Waals surface area (Å²) in [6.07, 6.45) is 0. The van der Waals surface area contributed by atoms with Gasteiger partial charge in [0.25, 0.3) is 17.5 Å². The van der Waals surface area contributed by atoms with Crippen molar-refractivity contribution in [3.05, 3.63) is 68.9 Å². The van der Waals surface area contributed by atoms with Crippen molar-refractivity contribution in [1.29, 1.82) is 0 Å². The summed E-state index contributed by atoms with van der Waals surface area (Å²) in [5, 5.41) is 25.9. The maximum atomic E-state index is 12.2. The van der Waals surface area contributed by atoms with Crippen LogP contribution in [-0.2, 0) is 9.59 Å². The monoisotopic (exact) mass is 359 g/mol. The van der Waals surface area contributed by atoms with E-state index in [-0.39, 0.29) is 39.0 Å². The Hall–Kier alpha value is -3.39. The minimum atomic E-state index is -0.775. The first-order valence-electron chi connectivity index (χ1n) is 6.98. The number of carbonyl (C=O) groups excluding carboxylic acids is 2. The van der Waals surface area contributed by atoms with Crippen LogP contribution in [0.25, 0.3) is 5.57 Å². The molecule has 0 atom stereocenters. The summed E-state index contributed by atoms with van der Waals surface area (Å²) in [7, 11) is 0. The summed E-state index contributed by atoms with van der Waals surface area (Å²) < 4.78 is 0. The average Bonchev–Trinajstić information content (AvgIpc) is 2.85. The minimum absolute atomic E-state index is 0.0140. The van der Waals surface area contributed by atoms with Crippen molar-refractivity contribution in [3.8, 4) is 5.75 Å². The lowest BCUT2D eigenvalue weighted by molar-refractivity contribution is -0.385. The van der Waals surface area contributed by atoms with Crippen molar-refractivity contribution in [2.75, 3.05) is 5.32 Å². The van der Waals surface area contributed by atoms with Crippen LogP contribution in [0.4, 0.5) is 11.4 Å². The minimum Gasteiger partial charge on any atom is -0.504 e. The molecule has 9 heteroatoms. The second kappa shape index (κ2) is 6.25. The highest BCUT2D eigenvalue weighted by molar-refractivity contribution is 6.37. The van der Waals surface area contributed by atoms with Crippen molar-refractivity contribution in [2.24, 2.45) is 0 Å². The van der Waals surface area contributed by atoms with E-state index in [9.17, 15) is 24.8 Å². The highest BCUT2D eigenvalue weighted by Gasteiger charge is 2.35. The summed E-state index contributed by atoms with van der Waals surface area (Å²) in [6.45, 7) is 0. The maximum Gasteiger partial charge on any atom is 0.277 e. The van der Waals surface area contributed by atoms with E-state index in [0.29, 0.717) is 0 Å². The van der Waals surface area contributed by atoms with Crippen LogP contribution in [0.2, 0.25) is 5.02 Å². The van der Waals surface area contributed by atoms with Crippen molar-refractivity contribution < 1.29 is 19.6 Å². The predicted octanol–water partition coefficient (Wildman–Crippen LogP) is 2.43. The zero-order valence-electron chi connectivity index (χ0n) is 12.4. The molecule has 0 unspecified atom stereocenters. The van der Waals surface area contributed by atoms with Gasteiger partial charge in [-0.3, -0.25) is 25.0 Å². The Morgan fingerprint density at radius 1 is 1.08 bits per heavy atom. The van der Waals surface area contributed by atoms with Gasteiger partial charge in [0.1, 0.15) is 5.70 Å². The third-order valence-corrected chi connectivity index (χ3v) is 3.85. The number of anilines is 1. The molecular formula is C16H10ClN3O5. The number of nitrogens with one attached hydrogen (secondary N) is 2. The maximum absolute atomic E-state index is 12.2. The number of imide groups is 1. The van der Waals surface area contributed by atoms with E-state index >= 15 is 0 Å². The number of benzene rings is 2. The number of phenolic OH excluding ortho intramolecular Hbond substituents is 1. The molecule has 2 aromatic rings. The molecule has 126 valence electrons. The van der Waals surface area contributed by atoms with Gasteiger partial charge in [0.05, 0.1) is 26.8 Å². The van der Waals surface area contributed by atoms with Crippen LogP contribution in [0.3, 0.4) is 0 Å². The van der Waals surface area contributed by atoms with Gasteiger partial charge in [0.15, 0.2) is 5.75 Å². The van der Waals surface area contributed by atoms with Crippen molar-refractivity contribution >= 4 is 40.4 Å². The number of halogens is 1. The van der Waals surface area contributed by atoms with E-state index in [0.717, 1.165) is 0 Å². The lowest BCUT2D eigenvalue weighted by Crippen LogP contribution is -2.24. The summed E-state index contributed by atoms with van der Waals surface area (Å²) in [6, 6.07) is 9.98. The van der Waals surface area contributed by atoms with Gasteiger partial charge in [-0.15, -0.1) is 0 Å². The number of hydrogen-bond donors (Lipinski definition) is 3. The van der Waals surface area contributed by atoms with Crippen LogP contribution in [0.5, 0.6) is 5.75 Å². The molecule has 0 aliphatic carbocycles. The number of nitro groups is 1. The number of phenols is 1. The van der Waals surface area contributed by atoms with Crippen molar-refractivity contribution in [1.82, 2.24) is 5.32 Å². The fraction of sp³-hybridized carbons (Fsp3) is 0. The molecule has 1 aliphatic rings. The zero-order valence-corrected chi connectivity index (χ0v) is 13.2. The summed E-state index contributed by atoms with van der Waals surface area (Å²) in [4.78, 5) is 34.9. The lowest BCUT2D eigenvalue weighted by Gasteiger charge is -2.10. The molecule has 0 fully saturated rings. The number of para-hydroxylation sites is 2. The SMILES string of the molecule is O=C1NC(=O)C(c2ccccc2[N+](=O)[O-])=C1Nc1cccc(Cl)c1O. The molecular weight excluding hydrogens is 350 g/mol. The molecule has 2 amide bonds. The summed E-state index contributed by atoms with van der Waals surface area (Å²) >= 11 is 5.82. The van der Waals surface area contributed by atoms with Crippen molar-refractivity contribution in [3.63, 3.8) is 0 Å². The lowest BCUT2D eigenvalue weighted by atomic mass is 10.0. The first-order chi connectivity index (χ1) is 11.9. The third kappa shape index (κ3) is 2.90. The largest absolute Gasteiger partial charge is 0.504 e. The quantitative estimate of drug-likeness (QED) is 0.333. The number of nitro benzene ring substituents is 1. The number of hydrogen-bond acceptors (Lipinski definition) is 6. The Balaban J connectivity index is 2.17. The van der Waals surface area contributed by atoms with Crippen LogP contribution in [0.15, 0.2) is 48.2 Å². The Morgan fingerprint density at radius 2 is 1.80 bits per heavy atom. The van der Waals surface area contributed by atoms with E-state index in [1.165, 1.54) is 42.5 Å². The van der Waals surface area contributed by atoms with E-state index in [1.54, 1.807) is 0 Å². The molecule has 0 saturated carbocycles. The Bertz CT molecular complexity index is 955. The molecule has 25 heavy (non-hydrogen) atoms. The van der Waals surface area contributed by atoms with Gasteiger partial charge in [-0.2, -0.15) is 0 Å². The van der Waals surface area contributed by atoms with Gasteiger partial charge in [-0.1, -0.05) is 29.8 Å². The number of carbonyl (C=O) groups is 2. The van der Waals surface area contributed by atoms with Gasteiger partial charge in [-0.05, 0) is 18.2 Å². The molecule has 0 aromatic heterocycles. The number of aromatic hydroxyl groups is 1. The van der Waals surface area contributed by atoms with Crippen molar-refractivity contribution in [2.45, 2.75) is 0 Å². The Morgan fingerprint density at radius 3 is 2.52 bits per heavy atom. The van der Waals surface area contributed by atoms with Crippen LogP contribution in [0, 0.1) is 10.1 Å². The molecule has 0 saturated heterocycles. The second-order valence-corrected chi connectivity index (χ2v) is 5.48. The Kier molecular flexibility index (Phi) is 4.12. The first kappa shape index (κ1) is 16.5. The molecule has 2 aromatic carbocycles. The zero-order chi connectivity index (χ0) is 18.1. The Labute approximate surface area is 145 Å². The highest BCUT2D eigenvalue weighted by atomic mass is 35.5. The van der Waals surface area contributed by atoms with E-state index in [4.69, 9.17) is 11.6 Å². The van der Waals surface area contributed by atoms with Gasteiger partial charge in [0, 0.05) is 6.07 Å². The third-order valence-electron chi connectivity index (χ3n) is 3.55. The molecule has 0 bridgehead atoms. The second-order valence-electron chi connectivity index (χ2n) is 5.07. The van der Waals surface area contributed by atoms with Crippen LogP contribution in [-0.4, -0.2) is 21.8 Å². The van der Waals surface area contributed by atoms with Crippen LogP contribution < -0.4 is 10.6 Å². The number of rotatable bonds is 4. The predicted molar refractivity (Wildman–Crippen MR) is 89.9 cm³/mol. The molecule has 1 aliphatic heterocycles. The van der Waals surface area contributed by atoms with Crippen LogP contribution >= 0.6 is 11.6 Å². The normalized spacial score (nSPS) is 13.8. The van der Waals surface area contributed by atoms with E-state index in [1.807, 2.05) is 0 Å². The number of nitrogens with zero attached hydrogens (tertiary/aromatic N) is 1. The summed E-state index contributed by atoms with van der Waals surface area (Å²) in [5.41, 5.74) is -0.645. The molecule has 3 rings (SSSR count). The highest BCUT2D eigenvalue weighted by Crippen LogP contribution is 2.35. The fourth-order valence-corrected chi connectivity index (χ4v) is 2.60. The molecule has 0 spiro atoms.